The summed E-state index contributed by atoms with van der Waals surface area (Å²) in [6.07, 6.45) is 0. The number of benzene rings is 13. The Kier molecular flexibility index (Phi) is 11.8. The zero-order valence-electron chi connectivity index (χ0n) is 44.2. The van der Waals surface area contributed by atoms with Gasteiger partial charge in [-0.1, -0.05) is 231 Å². The monoisotopic (exact) mass is 1030 g/mol. The molecular formula is C76H51N5. The summed E-state index contributed by atoms with van der Waals surface area (Å²) in [6, 6.07) is 111. The number of fused-ring (bicyclic) bond motifs is 5. The summed E-state index contributed by atoms with van der Waals surface area (Å²) in [4.78, 5) is 13.2. The summed E-state index contributed by atoms with van der Waals surface area (Å²) in [7, 11) is 0. The van der Waals surface area contributed by atoms with Crippen molar-refractivity contribution in [3.63, 3.8) is 0 Å². The number of hydrogen-bond donors (Lipinski definition) is 0. The Morgan fingerprint density at radius 3 is 1.12 bits per heavy atom. The molecule has 0 aliphatic rings. The van der Waals surface area contributed by atoms with Gasteiger partial charge in [0.1, 0.15) is 11.6 Å². The Morgan fingerprint density at radius 1 is 0.259 bits per heavy atom. The molecule has 0 unspecified atom stereocenters. The molecule has 2 aromatic heterocycles. The third-order valence-electron chi connectivity index (χ3n) is 15.7. The summed E-state index contributed by atoms with van der Waals surface area (Å²) in [5, 5.41) is 4.83. The molecule has 0 saturated carbocycles. The molecule has 0 aliphatic heterocycles. The van der Waals surface area contributed by atoms with E-state index in [9.17, 15) is 0 Å². The van der Waals surface area contributed by atoms with Gasteiger partial charge in [-0.05, 0) is 128 Å². The molecule has 0 amide bonds. The number of nitrogens with zero attached hydrogens (tertiary/aromatic N) is 5. The van der Waals surface area contributed by atoms with Crippen molar-refractivity contribution in [1.29, 1.82) is 0 Å². The van der Waals surface area contributed by atoms with E-state index in [1.165, 1.54) is 21.5 Å². The van der Waals surface area contributed by atoms with Crippen molar-refractivity contribution in [2.75, 3.05) is 4.90 Å². The largest absolute Gasteiger partial charge is 0.310 e. The zero-order chi connectivity index (χ0) is 53.6. The standard InChI is InChI=1S/C76H51N5/c1-5-21-54(22-6-1)75-77-73-66(37-19-39-70(73)80(75)61-30-9-3-10-31-61)58-28-17-26-56(49-58)52-41-45-63(46-42-52)79(72-51-60-25-13-14-34-65(60)68-35-15-16-36-69(68)72)64-47-43-53(44-48-64)57-27-18-29-59(50-57)67-38-20-40-71-74(67)78-76(55-23-7-2-8-24-55)81(71)62-32-11-4-12-33-62/h1-51H. The second-order valence-corrected chi connectivity index (χ2v) is 20.5. The highest BCUT2D eigenvalue weighted by atomic mass is 15.1. The van der Waals surface area contributed by atoms with Gasteiger partial charge in [0, 0.05) is 50.4 Å². The van der Waals surface area contributed by atoms with Crippen molar-refractivity contribution in [2.24, 2.45) is 0 Å². The lowest BCUT2D eigenvalue weighted by Crippen LogP contribution is -2.10. The van der Waals surface area contributed by atoms with E-state index in [2.05, 4.69) is 323 Å². The lowest BCUT2D eigenvalue weighted by atomic mass is 9.96. The van der Waals surface area contributed by atoms with Crippen LogP contribution in [0.5, 0.6) is 0 Å². The Morgan fingerprint density at radius 2 is 0.642 bits per heavy atom. The summed E-state index contributed by atoms with van der Waals surface area (Å²) < 4.78 is 4.55. The number of para-hydroxylation sites is 4. The minimum atomic E-state index is 0.916. The summed E-state index contributed by atoms with van der Waals surface area (Å²) in [5.41, 5.74) is 20.5. The molecule has 0 fully saturated rings. The lowest BCUT2D eigenvalue weighted by Gasteiger charge is -2.28. The molecular weight excluding hydrogens is 983 g/mol. The van der Waals surface area contributed by atoms with E-state index in [-0.39, 0.29) is 0 Å². The number of imidazole rings is 2. The molecule has 81 heavy (non-hydrogen) atoms. The van der Waals surface area contributed by atoms with Gasteiger partial charge in [0.15, 0.2) is 0 Å². The third kappa shape index (κ3) is 8.53. The van der Waals surface area contributed by atoms with Gasteiger partial charge < -0.3 is 4.90 Å². The van der Waals surface area contributed by atoms with E-state index >= 15 is 0 Å². The Bertz CT molecular complexity index is 4530. The van der Waals surface area contributed by atoms with Gasteiger partial charge in [-0.2, -0.15) is 0 Å². The van der Waals surface area contributed by atoms with Crippen molar-refractivity contribution in [1.82, 2.24) is 19.1 Å². The minimum absolute atomic E-state index is 0.916. The summed E-state index contributed by atoms with van der Waals surface area (Å²) in [6.45, 7) is 0. The first kappa shape index (κ1) is 47.3. The first-order chi connectivity index (χ1) is 40.2. The maximum absolute atomic E-state index is 5.39. The second-order valence-electron chi connectivity index (χ2n) is 20.5. The number of hydrogen-bond acceptors (Lipinski definition) is 3. The molecule has 5 nitrogen and oxygen atoms in total. The molecule has 0 bridgehead atoms. The molecule has 0 radical (unpaired) electrons. The van der Waals surface area contributed by atoms with E-state index in [1.807, 2.05) is 0 Å². The van der Waals surface area contributed by atoms with Crippen LogP contribution in [-0.2, 0) is 0 Å². The second kappa shape index (κ2) is 20.2. The minimum Gasteiger partial charge on any atom is -0.310 e. The van der Waals surface area contributed by atoms with Gasteiger partial charge >= 0.3 is 0 Å². The highest BCUT2D eigenvalue weighted by Gasteiger charge is 2.22. The SMILES string of the molecule is c1ccc(-c2nc3c(-c4cccc(-c5ccc(N(c6ccc(-c7cccc(-c8cccc9c8nc(-c8ccccc8)n9-c8ccccc8)c7)cc6)c6cc7ccccc7c7ccccc67)cc5)c4)cccc3n2-c2ccccc2)cc1. The van der Waals surface area contributed by atoms with E-state index in [1.54, 1.807) is 0 Å². The Balaban J connectivity index is 0.803. The van der Waals surface area contributed by atoms with Crippen LogP contribution in [0.4, 0.5) is 17.1 Å². The van der Waals surface area contributed by atoms with Crippen LogP contribution < -0.4 is 4.90 Å². The fraction of sp³-hybridized carbons (Fsp3) is 0. The van der Waals surface area contributed by atoms with Crippen LogP contribution >= 0.6 is 0 Å². The van der Waals surface area contributed by atoms with Crippen LogP contribution in [0.2, 0.25) is 0 Å². The van der Waals surface area contributed by atoms with Crippen LogP contribution in [0.1, 0.15) is 0 Å². The van der Waals surface area contributed by atoms with Gasteiger partial charge in [-0.15, -0.1) is 0 Å². The molecule has 0 aliphatic carbocycles. The van der Waals surface area contributed by atoms with Gasteiger partial charge in [0.25, 0.3) is 0 Å². The van der Waals surface area contributed by atoms with E-state index in [0.717, 1.165) is 118 Å². The van der Waals surface area contributed by atoms with E-state index < -0.39 is 0 Å². The predicted molar refractivity (Wildman–Crippen MR) is 338 cm³/mol. The Hall–Kier alpha value is -10.9. The first-order valence-electron chi connectivity index (χ1n) is 27.6. The van der Waals surface area contributed by atoms with Gasteiger partial charge in [-0.25, -0.2) is 9.97 Å². The fourth-order valence-corrected chi connectivity index (χ4v) is 11.9. The lowest BCUT2D eigenvalue weighted by molar-refractivity contribution is 1.10. The molecule has 0 saturated heterocycles. The summed E-state index contributed by atoms with van der Waals surface area (Å²) in [5.74, 6) is 1.83. The van der Waals surface area contributed by atoms with Crippen molar-refractivity contribution in [3.8, 4) is 78.7 Å². The van der Waals surface area contributed by atoms with Crippen molar-refractivity contribution in [3.05, 3.63) is 309 Å². The quantitative estimate of drug-likeness (QED) is 0.121. The molecule has 15 aromatic rings. The third-order valence-corrected chi connectivity index (χ3v) is 15.7. The van der Waals surface area contributed by atoms with Crippen molar-refractivity contribution < 1.29 is 0 Å². The smallest absolute Gasteiger partial charge is 0.145 e. The van der Waals surface area contributed by atoms with E-state index in [0.29, 0.717) is 0 Å². The normalized spacial score (nSPS) is 11.5. The molecule has 5 heteroatoms. The molecule has 0 spiro atoms. The van der Waals surface area contributed by atoms with Crippen LogP contribution in [0.25, 0.3) is 122 Å². The van der Waals surface area contributed by atoms with Crippen molar-refractivity contribution in [2.45, 2.75) is 0 Å². The topological polar surface area (TPSA) is 38.9 Å². The average molecular weight is 1030 g/mol. The zero-order valence-corrected chi connectivity index (χ0v) is 44.2. The number of rotatable bonds is 11. The molecule has 2 heterocycles. The van der Waals surface area contributed by atoms with E-state index in [4.69, 9.17) is 9.97 Å². The average Bonchev–Trinajstić information content (AvgIpc) is 4.37. The van der Waals surface area contributed by atoms with Gasteiger partial charge in [0.05, 0.1) is 27.8 Å². The molecule has 15 rings (SSSR count). The fourth-order valence-electron chi connectivity index (χ4n) is 11.9. The predicted octanol–water partition coefficient (Wildman–Crippen LogP) is 20.1. The van der Waals surface area contributed by atoms with Gasteiger partial charge in [-0.3, -0.25) is 9.13 Å². The van der Waals surface area contributed by atoms with Crippen LogP contribution in [0.15, 0.2) is 309 Å². The van der Waals surface area contributed by atoms with Gasteiger partial charge in [0.2, 0.25) is 0 Å². The first-order valence-corrected chi connectivity index (χ1v) is 27.6. The van der Waals surface area contributed by atoms with Crippen molar-refractivity contribution >= 4 is 60.7 Å². The molecule has 0 atom stereocenters. The van der Waals surface area contributed by atoms with Crippen LogP contribution in [0.3, 0.4) is 0 Å². The maximum atomic E-state index is 5.39. The molecule has 0 N–H and O–H groups in total. The summed E-state index contributed by atoms with van der Waals surface area (Å²) >= 11 is 0. The molecule has 380 valence electrons. The highest BCUT2D eigenvalue weighted by molar-refractivity contribution is 6.14. The molecule has 13 aromatic carbocycles. The maximum Gasteiger partial charge on any atom is 0.145 e. The Labute approximate surface area is 470 Å². The highest BCUT2D eigenvalue weighted by Crippen LogP contribution is 2.44. The number of anilines is 3. The van der Waals surface area contributed by atoms with Crippen LogP contribution in [0, 0.1) is 0 Å². The number of aromatic nitrogens is 4. The van der Waals surface area contributed by atoms with Crippen LogP contribution in [-0.4, -0.2) is 19.1 Å².